The topological polar surface area (TPSA) is 139 Å². The number of aromatic nitrogens is 2. The van der Waals surface area contributed by atoms with Gasteiger partial charge < -0.3 is 15.1 Å². The molecule has 0 spiro atoms. The quantitative estimate of drug-likeness (QED) is 0.235. The summed E-state index contributed by atoms with van der Waals surface area (Å²) in [5.41, 5.74) is 2.45. The van der Waals surface area contributed by atoms with Gasteiger partial charge in [-0.3, -0.25) is 20.1 Å². The average molecular weight is 526 g/mol. The largest absolute Gasteiger partial charge is 0.478 e. The molecule has 1 aliphatic rings. The summed E-state index contributed by atoms with van der Waals surface area (Å²) in [6.45, 7) is 1.56. The van der Waals surface area contributed by atoms with Crippen LogP contribution in [0.5, 0.6) is 0 Å². The summed E-state index contributed by atoms with van der Waals surface area (Å²) in [7, 11) is 1.69. The fourth-order valence-corrected chi connectivity index (χ4v) is 3.96. The number of amides is 2. The van der Waals surface area contributed by atoms with Crippen LogP contribution in [0, 0.1) is 5.92 Å². The number of hydrazine groups is 1. The van der Waals surface area contributed by atoms with Gasteiger partial charge in [-0.1, -0.05) is 48.0 Å². The number of hydrogen-bond acceptors (Lipinski definition) is 6. The molecule has 2 amide bonds. The maximum atomic E-state index is 12.9. The standard InChI is InChI=1S/C26H28ClN5O5/c1-26(37,25(35)36)32(15-17-8-10-18(11-9-17)19-4-3-5-20(27)12-19)30-23(33)21-13-22(29-28-21)24(34)31(2)14-16-6-7-16/h3-5,8-13,16,37H,6-7,14-15H2,1-2H3,(H,28,29)(H,30,33)(H,35,36). The molecule has 1 fully saturated rings. The van der Waals surface area contributed by atoms with E-state index in [1.54, 1.807) is 30.1 Å². The van der Waals surface area contributed by atoms with Crippen LogP contribution in [0.15, 0.2) is 54.6 Å². The average Bonchev–Trinajstić information content (AvgIpc) is 3.54. The Bertz CT molecular complexity index is 1300. The Morgan fingerprint density at radius 3 is 2.46 bits per heavy atom. The summed E-state index contributed by atoms with van der Waals surface area (Å²) in [5, 5.41) is 28.2. The summed E-state index contributed by atoms with van der Waals surface area (Å²) in [6.07, 6.45) is 2.19. The highest BCUT2D eigenvalue weighted by molar-refractivity contribution is 6.30. The lowest BCUT2D eigenvalue weighted by Crippen LogP contribution is -2.59. The van der Waals surface area contributed by atoms with Gasteiger partial charge in [-0.2, -0.15) is 10.1 Å². The molecule has 1 unspecified atom stereocenters. The second-order valence-electron chi connectivity index (χ2n) is 9.36. The summed E-state index contributed by atoms with van der Waals surface area (Å²) in [4.78, 5) is 38.8. The molecule has 11 heteroatoms. The molecule has 2 aromatic carbocycles. The van der Waals surface area contributed by atoms with Gasteiger partial charge in [-0.25, -0.2) is 4.79 Å². The lowest BCUT2D eigenvalue weighted by atomic mass is 10.0. The van der Waals surface area contributed by atoms with E-state index in [2.05, 4.69) is 15.6 Å². The molecule has 1 aliphatic carbocycles. The van der Waals surface area contributed by atoms with Crippen molar-refractivity contribution in [2.45, 2.75) is 32.0 Å². The molecule has 1 aromatic heterocycles. The molecule has 37 heavy (non-hydrogen) atoms. The van der Waals surface area contributed by atoms with E-state index in [1.165, 1.54) is 6.07 Å². The normalized spacial score (nSPS) is 14.7. The minimum atomic E-state index is -2.43. The van der Waals surface area contributed by atoms with E-state index in [0.717, 1.165) is 35.9 Å². The number of aliphatic carboxylic acids is 1. The van der Waals surface area contributed by atoms with E-state index in [-0.39, 0.29) is 23.8 Å². The summed E-state index contributed by atoms with van der Waals surface area (Å²) in [5.74, 6) is -2.13. The third kappa shape index (κ3) is 6.34. The van der Waals surface area contributed by atoms with Gasteiger partial charge in [0.05, 0.1) is 0 Å². The van der Waals surface area contributed by atoms with E-state index in [9.17, 15) is 24.6 Å². The smallest absolute Gasteiger partial charge is 0.352 e. The number of hydrogen-bond donors (Lipinski definition) is 4. The minimum Gasteiger partial charge on any atom is -0.478 e. The minimum absolute atomic E-state index is 0.120. The Kier molecular flexibility index (Phi) is 7.63. The number of benzene rings is 2. The van der Waals surface area contributed by atoms with Crippen molar-refractivity contribution in [3.05, 3.63) is 76.6 Å². The lowest BCUT2D eigenvalue weighted by Gasteiger charge is -2.33. The van der Waals surface area contributed by atoms with Gasteiger partial charge in [0, 0.05) is 31.2 Å². The fraction of sp³-hybridized carbons (Fsp3) is 0.308. The number of H-pyrrole nitrogens is 1. The molecule has 0 saturated heterocycles. The highest BCUT2D eigenvalue weighted by Gasteiger charge is 2.39. The zero-order valence-electron chi connectivity index (χ0n) is 20.4. The predicted octanol–water partition coefficient (Wildman–Crippen LogP) is 3.15. The molecular formula is C26H28ClN5O5. The van der Waals surface area contributed by atoms with Crippen molar-refractivity contribution < 1.29 is 24.6 Å². The highest BCUT2D eigenvalue weighted by atomic mass is 35.5. The zero-order chi connectivity index (χ0) is 26.7. The van der Waals surface area contributed by atoms with Crippen LogP contribution < -0.4 is 5.43 Å². The molecule has 4 N–H and O–H groups in total. The number of nitrogens with one attached hydrogen (secondary N) is 2. The molecule has 3 aromatic rings. The Morgan fingerprint density at radius 2 is 1.84 bits per heavy atom. The first-order chi connectivity index (χ1) is 17.5. The van der Waals surface area contributed by atoms with Crippen LogP contribution in [0.2, 0.25) is 5.02 Å². The van der Waals surface area contributed by atoms with Crippen molar-refractivity contribution >= 4 is 29.4 Å². The maximum absolute atomic E-state index is 12.9. The Balaban J connectivity index is 1.48. The van der Waals surface area contributed by atoms with Crippen molar-refractivity contribution in [2.24, 2.45) is 5.92 Å². The summed E-state index contributed by atoms with van der Waals surface area (Å²) in [6, 6.07) is 15.8. The summed E-state index contributed by atoms with van der Waals surface area (Å²) < 4.78 is 0. The number of aliphatic hydroxyl groups is 1. The van der Waals surface area contributed by atoms with Crippen molar-refractivity contribution in [1.82, 2.24) is 25.5 Å². The van der Waals surface area contributed by atoms with Crippen LogP contribution in [0.25, 0.3) is 11.1 Å². The lowest BCUT2D eigenvalue weighted by molar-refractivity contribution is -0.185. The van der Waals surface area contributed by atoms with Gasteiger partial charge in [-0.05, 0) is 54.5 Å². The Morgan fingerprint density at radius 1 is 1.14 bits per heavy atom. The van der Waals surface area contributed by atoms with Crippen LogP contribution in [-0.2, 0) is 11.3 Å². The van der Waals surface area contributed by atoms with Gasteiger partial charge in [-0.15, -0.1) is 0 Å². The Hall–Kier alpha value is -3.73. The molecular weight excluding hydrogens is 498 g/mol. The van der Waals surface area contributed by atoms with Crippen LogP contribution in [0.3, 0.4) is 0 Å². The van der Waals surface area contributed by atoms with Crippen molar-refractivity contribution in [2.75, 3.05) is 13.6 Å². The molecule has 10 nitrogen and oxygen atoms in total. The van der Waals surface area contributed by atoms with Crippen molar-refractivity contribution in [3.63, 3.8) is 0 Å². The predicted molar refractivity (Wildman–Crippen MR) is 136 cm³/mol. The number of carboxylic acids is 1. The second-order valence-corrected chi connectivity index (χ2v) is 9.79. The fourth-order valence-electron chi connectivity index (χ4n) is 3.77. The molecule has 0 radical (unpaired) electrons. The number of rotatable bonds is 10. The van der Waals surface area contributed by atoms with Gasteiger partial charge >= 0.3 is 5.97 Å². The number of carbonyl (C=O) groups is 3. The monoisotopic (exact) mass is 525 g/mol. The SMILES string of the molecule is CN(CC1CC1)C(=O)c1cc(C(=O)NN(Cc2ccc(-c3cccc(Cl)c3)cc2)C(C)(O)C(=O)O)n[nH]1. The first kappa shape index (κ1) is 26.3. The number of carboxylic acid groups (broad SMARTS) is 1. The van der Waals surface area contributed by atoms with Crippen molar-refractivity contribution in [3.8, 4) is 11.1 Å². The molecule has 1 atom stereocenters. The molecule has 194 valence electrons. The number of nitrogens with zero attached hydrogens (tertiary/aromatic N) is 3. The van der Waals surface area contributed by atoms with Crippen LogP contribution in [0.1, 0.15) is 46.3 Å². The van der Waals surface area contributed by atoms with Gasteiger partial charge in [0.25, 0.3) is 11.8 Å². The van der Waals surface area contributed by atoms with Crippen molar-refractivity contribution in [1.29, 1.82) is 0 Å². The molecule has 1 heterocycles. The van der Waals surface area contributed by atoms with Gasteiger partial charge in [0.1, 0.15) is 5.69 Å². The summed E-state index contributed by atoms with van der Waals surface area (Å²) >= 11 is 6.07. The van der Waals surface area contributed by atoms with Gasteiger partial charge in [0.15, 0.2) is 5.69 Å². The third-order valence-corrected chi connectivity index (χ3v) is 6.47. The zero-order valence-corrected chi connectivity index (χ0v) is 21.2. The molecule has 0 bridgehead atoms. The second kappa shape index (κ2) is 10.7. The van der Waals surface area contributed by atoms with Gasteiger partial charge in [0.2, 0.25) is 5.72 Å². The van der Waals surface area contributed by atoms with Crippen LogP contribution in [-0.4, -0.2) is 67.4 Å². The van der Waals surface area contributed by atoms with Crippen LogP contribution >= 0.6 is 11.6 Å². The molecule has 1 saturated carbocycles. The Labute approximate surface area is 218 Å². The number of halogens is 1. The molecule has 0 aliphatic heterocycles. The van der Waals surface area contributed by atoms with E-state index in [1.807, 2.05) is 30.3 Å². The van der Waals surface area contributed by atoms with E-state index < -0.39 is 17.6 Å². The third-order valence-electron chi connectivity index (χ3n) is 6.24. The van der Waals surface area contributed by atoms with E-state index >= 15 is 0 Å². The first-order valence-corrected chi connectivity index (χ1v) is 12.1. The highest BCUT2D eigenvalue weighted by Crippen LogP contribution is 2.29. The van der Waals surface area contributed by atoms with E-state index in [4.69, 9.17) is 11.6 Å². The molecule has 4 rings (SSSR count). The first-order valence-electron chi connectivity index (χ1n) is 11.7. The number of carbonyl (C=O) groups excluding carboxylic acids is 2. The maximum Gasteiger partial charge on any atom is 0.352 e. The van der Waals surface area contributed by atoms with E-state index in [0.29, 0.717) is 23.0 Å². The number of aromatic amines is 1. The van der Waals surface area contributed by atoms with Crippen LogP contribution in [0.4, 0.5) is 0 Å².